The van der Waals surface area contributed by atoms with Gasteiger partial charge in [-0.15, -0.1) is 11.3 Å². The fraction of sp³-hybridized carbons (Fsp3) is 0.235. The molecular weight excluding hydrogens is 344 g/mol. The van der Waals surface area contributed by atoms with Crippen LogP contribution in [0.3, 0.4) is 0 Å². The molecule has 0 atom stereocenters. The molecular formula is C17H16N2O3S2. The number of carbonyl (C=O) groups is 1. The van der Waals surface area contributed by atoms with E-state index in [4.69, 9.17) is 9.26 Å². The number of hydrogen-bond acceptors (Lipinski definition) is 7. The van der Waals surface area contributed by atoms with Crippen LogP contribution in [0.5, 0.6) is 0 Å². The third kappa shape index (κ3) is 4.24. The lowest BCUT2D eigenvalue weighted by molar-refractivity contribution is 0.0463. The first-order valence-electron chi connectivity index (χ1n) is 7.34. The summed E-state index contributed by atoms with van der Waals surface area (Å²) in [6.07, 6.45) is 0. The first-order chi connectivity index (χ1) is 11.6. The number of rotatable bonds is 6. The second-order valence-electron chi connectivity index (χ2n) is 5.21. The van der Waals surface area contributed by atoms with Crippen molar-refractivity contribution in [2.75, 3.05) is 0 Å². The second kappa shape index (κ2) is 7.63. The van der Waals surface area contributed by atoms with Gasteiger partial charge >= 0.3 is 5.97 Å². The molecule has 2 heterocycles. The van der Waals surface area contributed by atoms with E-state index in [9.17, 15) is 4.79 Å². The van der Waals surface area contributed by atoms with Crippen molar-refractivity contribution >= 4 is 29.1 Å². The highest BCUT2D eigenvalue weighted by Gasteiger charge is 2.14. The third-order valence-corrected chi connectivity index (χ3v) is 5.40. The standard InChI is InChI=1S/C17H16N2O3S2/c1-11-9-23-17(18-11)24-10-13-5-3-4-6-15(13)16(20)21-8-14-7-12(2)22-19-14/h3-7,9H,8,10H2,1-2H3. The highest BCUT2D eigenvalue weighted by molar-refractivity contribution is 8.00. The van der Waals surface area contributed by atoms with Gasteiger partial charge in [-0.3, -0.25) is 0 Å². The van der Waals surface area contributed by atoms with Gasteiger partial charge in [0, 0.05) is 22.9 Å². The van der Waals surface area contributed by atoms with E-state index in [1.54, 1.807) is 42.2 Å². The first kappa shape index (κ1) is 16.7. The molecule has 0 aliphatic heterocycles. The molecule has 0 fully saturated rings. The van der Waals surface area contributed by atoms with Crippen molar-refractivity contribution in [2.24, 2.45) is 0 Å². The summed E-state index contributed by atoms with van der Waals surface area (Å²) in [5.74, 6) is 1.00. The van der Waals surface area contributed by atoms with Gasteiger partial charge in [-0.25, -0.2) is 9.78 Å². The van der Waals surface area contributed by atoms with Crippen LogP contribution in [0, 0.1) is 13.8 Å². The van der Waals surface area contributed by atoms with Crippen molar-refractivity contribution in [2.45, 2.75) is 30.5 Å². The van der Waals surface area contributed by atoms with Crippen molar-refractivity contribution in [3.8, 4) is 0 Å². The maximum Gasteiger partial charge on any atom is 0.338 e. The van der Waals surface area contributed by atoms with Crippen LogP contribution in [0.15, 0.2) is 44.6 Å². The molecule has 0 aliphatic rings. The van der Waals surface area contributed by atoms with Crippen LogP contribution in [-0.2, 0) is 17.1 Å². The number of ether oxygens (including phenoxy) is 1. The average molecular weight is 360 g/mol. The number of nitrogens with zero attached hydrogens (tertiary/aromatic N) is 2. The van der Waals surface area contributed by atoms with Gasteiger partial charge < -0.3 is 9.26 Å². The molecule has 5 nitrogen and oxygen atoms in total. The normalized spacial score (nSPS) is 10.8. The molecule has 2 aromatic heterocycles. The minimum atomic E-state index is -0.359. The number of benzene rings is 1. The number of thioether (sulfide) groups is 1. The number of thiazole rings is 1. The lowest BCUT2D eigenvalue weighted by Crippen LogP contribution is -2.08. The molecule has 0 bridgehead atoms. The molecule has 0 amide bonds. The Morgan fingerprint density at radius 3 is 2.88 bits per heavy atom. The van der Waals surface area contributed by atoms with Gasteiger partial charge in [0.1, 0.15) is 22.4 Å². The minimum absolute atomic E-state index is 0.101. The Morgan fingerprint density at radius 2 is 2.17 bits per heavy atom. The van der Waals surface area contributed by atoms with Gasteiger partial charge in [0.2, 0.25) is 0 Å². The van der Waals surface area contributed by atoms with Crippen molar-refractivity contribution in [1.82, 2.24) is 10.1 Å². The number of hydrogen-bond donors (Lipinski definition) is 0. The maximum atomic E-state index is 12.4. The largest absolute Gasteiger partial charge is 0.455 e. The lowest BCUT2D eigenvalue weighted by atomic mass is 10.1. The molecule has 0 saturated carbocycles. The van der Waals surface area contributed by atoms with Gasteiger partial charge in [0.15, 0.2) is 0 Å². The van der Waals surface area contributed by atoms with Crippen molar-refractivity contribution in [1.29, 1.82) is 0 Å². The fourth-order valence-corrected chi connectivity index (χ4v) is 3.94. The zero-order valence-corrected chi connectivity index (χ0v) is 14.9. The zero-order chi connectivity index (χ0) is 16.9. The van der Waals surface area contributed by atoms with Gasteiger partial charge in [0.25, 0.3) is 0 Å². The summed E-state index contributed by atoms with van der Waals surface area (Å²) in [5.41, 5.74) is 3.11. The molecule has 7 heteroatoms. The predicted molar refractivity (Wildman–Crippen MR) is 93.2 cm³/mol. The highest BCUT2D eigenvalue weighted by atomic mass is 32.2. The van der Waals surface area contributed by atoms with Crippen LogP contribution in [0.25, 0.3) is 0 Å². The number of esters is 1. The molecule has 0 unspecified atom stereocenters. The summed E-state index contributed by atoms with van der Waals surface area (Å²) in [4.78, 5) is 16.8. The van der Waals surface area contributed by atoms with Crippen molar-refractivity contribution < 1.29 is 14.1 Å². The lowest BCUT2D eigenvalue weighted by Gasteiger charge is -2.08. The van der Waals surface area contributed by atoms with Crippen LogP contribution in [-0.4, -0.2) is 16.1 Å². The monoisotopic (exact) mass is 360 g/mol. The van der Waals surface area contributed by atoms with Gasteiger partial charge in [-0.2, -0.15) is 0 Å². The van der Waals surface area contributed by atoms with Crippen LogP contribution < -0.4 is 0 Å². The van der Waals surface area contributed by atoms with E-state index in [2.05, 4.69) is 10.1 Å². The van der Waals surface area contributed by atoms with E-state index in [-0.39, 0.29) is 12.6 Å². The third-order valence-electron chi connectivity index (χ3n) is 3.21. The van der Waals surface area contributed by atoms with Gasteiger partial charge in [0.05, 0.1) is 5.56 Å². The van der Waals surface area contributed by atoms with Crippen molar-refractivity contribution in [3.05, 3.63) is 64.0 Å². The van der Waals surface area contributed by atoms with Crippen LogP contribution >= 0.6 is 23.1 Å². The van der Waals surface area contributed by atoms with Crippen LogP contribution in [0.2, 0.25) is 0 Å². The summed E-state index contributed by atoms with van der Waals surface area (Å²) in [5, 5.41) is 5.84. The predicted octanol–water partition coefficient (Wildman–Crippen LogP) is 4.40. The SMILES string of the molecule is Cc1csc(SCc2ccccc2C(=O)OCc2cc(C)on2)n1. The summed E-state index contributed by atoms with van der Waals surface area (Å²) >= 11 is 3.23. The number of aromatic nitrogens is 2. The quantitative estimate of drug-likeness (QED) is 0.479. The smallest absolute Gasteiger partial charge is 0.338 e. The molecule has 3 rings (SSSR count). The highest BCUT2D eigenvalue weighted by Crippen LogP contribution is 2.27. The Bertz CT molecular complexity index is 842. The molecule has 0 spiro atoms. The summed E-state index contributed by atoms with van der Waals surface area (Å²) in [7, 11) is 0. The van der Waals surface area contributed by atoms with E-state index >= 15 is 0 Å². The Morgan fingerprint density at radius 1 is 1.33 bits per heavy atom. The van der Waals surface area contributed by atoms with E-state index in [0.29, 0.717) is 22.8 Å². The van der Waals surface area contributed by atoms with E-state index in [1.165, 1.54) is 0 Å². The molecule has 0 saturated heterocycles. The molecule has 0 aliphatic carbocycles. The first-order valence-corrected chi connectivity index (χ1v) is 9.20. The molecule has 1 aromatic carbocycles. The second-order valence-corrected chi connectivity index (χ2v) is 7.29. The Labute approximate surface area is 148 Å². The molecule has 0 radical (unpaired) electrons. The summed E-state index contributed by atoms with van der Waals surface area (Å²) < 4.78 is 11.3. The van der Waals surface area contributed by atoms with Crippen molar-refractivity contribution in [3.63, 3.8) is 0 Å². The number of aryl methyl sites for hydroxylation is 2. The maximum absolute atomic E-state index is 12.4. The zero-order valence-electron chi connectivity index (χ0n) is 13.3. The Kier molecular flexibility index (Phi) is 5.32. The Balaban J connectivity index is 1.65. The average Bonchev–Trinajstić information content (AvgIpc) is 3.19. The Hall–Kier alpha value is -2.12. The number of carbonyl (C=O) groups excluding carboxylic acids is 1. The van der Waals surface area contributed by atoms with E-state index < -0.39 is 0 Å². The van der Waals surface area contributed by atoms with Gasteiger partial charge in [-0.05, 0) is 25.5 Å². The van der Waals surface area contributed by atoms with Crippen LogP contribution in [0.1, 0.15) is 33.1 Å². The minimum Gasteiger partial charge on any atom is -0.455 e. The van der Waals surface area contributed by atoms with E-state index in [0.717, 1.165) is 15.6 Å². The summed E-state index contributed by atoms with van der Waals surface area (Å²) in [6.45, 7) is 3.87. The molecule has 3 aromatic rings. The van der Waals surface area contributed by atoms with Gasteiger partial charge in [-0.1, -0.05) is 35.1 Å². The van der Waals surface area contributed by atoms with E-state index in [1.807, 2.05) is 30.5 Å². The molecule has 124 valence electrons. The summed E-state index contributed by atoms with van der Waals surface area (Å²) in [6, 6.07) is 9.21. The fourth-order valence-electron chi connectivity index (χ4n) is 2.09. The molecule has 0 N–H and O–H groups in total. The van der Waals surface area contributed by atoms with Crippen LogP contribution in [0.4, 0.5) is 0 Å². The molecule has 24 heavy (non-hydrogen) atoms. The topological polar surface area (TPSA) is 65.2 Å².